The highest BCUT2D eigenvalue weighted by atomic mass is 19.1. The van der Waals surface area contributed by atoms with Crippen molar-refractivity contribution in [1.82, 2.24) is 10.6 Å². The van der Waals surface area contributed by atoms with Gasteiger partial charge in [-0.3, -0.25) is 0 Å². The number of rotatable bonds is 6. The summed E-state index contributed by atoms with van der Waals surface area (Å²) in [4.78, 5) is 12.2. The number of phenolic OH excluding ortho intramolecular Hbond substituents is 1. The largest absolute Gasteiger partial charge is 0.508 e. The number of carbonyl (C=O) groups excluding carboxylic acids is 1. The molecule has 0 aliphatic heterocycles. The van der Waals surface area contributed by atoms with Gasteiger partial charge in [0.1, 0.15) is 11.6 Å². The molecular formula is C21H25FN2O3. The summed E-state index contributed by atoms with van der Waals surface area (Å²) in [6.07, 6.45) is 3.00. The molecule has 2 aromatic rings. The fourth-order valence-corrected chi connectivity index (χ4v) is 3.79. The molecule has 0 bridgehead atoms. The Morgan fingerprint density at radius 3 is 2.56 bits per heavy atom. The van der Waals surface area contributed by atoms with Crippen molar-refractivity contribution in [3.8, 4) is 5.75 Å². The van der Waals surface area contributed by atoms with E-state index in [0.717, 1.165) is 31.2 Å². The second kappa shape index (κ2) is 8.39. The summed E-state index contributed by atoms with van der Waals surface area (Å²) in [5, 5.41) is 25.1. The van der Waals surface area contributed by atoms with E-state index in [0.29, 0.717) is 12.1 Å². The summed E-state index contributed by atoms with van der Waals surface area (Å²) in [5.74, 6) is -0.202. The number of hydrogen-bond donors (Lipinski definition) is 4. The third kappa shape index (κ3) is 4.77. The fraction of sp³-hybridized carbons (Fsp3) is 0.381. The van der Waals surface area contributed by atoms with Gasteiger partial charge in [0, 0.05) is 18.5 Å². The number of hydrogen-bond acceptors (Lipinski definition) is 3. The smallest absolute Gasteiger partial charge is 0.314 e. The van der Waals surface area contributed by atoms with E-state index in [1.165, 1.54) is 18.2 Å². The maximum absolute atomic E-state index is 13.6. The topological polar surface area (TPSA) is 81.6 Å². The van der Waals surface area contributed by atoms with Gasteiger partial charge < -0.3 is 20.8 Å². The minimum atomic E-state index is -0.911. The molecule has 1 aliphatic rings. The van der Waals surface area contributed by atoms with Crippen LogP contribution in [0.25, 0.3) is 0 Å². The molecule has 6 heteroatoms. The summed E-state index contributed by atoms with van der Waals surface area (Å²) in [6, 6.07) is 12.5. The first-order chi connectivity index (χ1) is 13.0. The molecule has 4 N–H and O–H groups in total. The van der Waals surface area contributed by atoms with E-state index in [1.807, 2.05) is 6.07 Å². The maximum atomic E-state index is 13.6. The molecule has 1 aliphatic carbocycles. The van der Waals surface area contributed by atoms with E-state index in [2.05, 4.69) is 10.6 Å². The van der Waals surface area contributed by atoms with Gasteiger partial charge >= 0.3 is 6.03 Å². The molecule has 1 atom stereocenters. The van der Waals surface area contributed by atoms with Crippen LogP contribution in [0.4, 0.5) is 9.18 Å². The van der Waals surface area contributed by atoms with Crippen molar-refractivity contribution in [2.45, 2.75) is 37.2 Å². The number of carbonyl (C=O) groups is 1. The highest BCUT2D eigenvalue weighted by molar-refractivity contribution is 5.74. The predicted molar refractivity (Wildman–Crippen MR) is 101 cm³/mol. The number of benzene rings is 2. The average Bonchev–Trinajstić information content (AvgIpc) is 3.15. The van der Waals surface area contributed by atoms with Gasteiger partial charge in [-0.1, -0.05) is 37.1 Å². The van der Waals surface area contributed by atoms with Crippen LogP contribution in [0.3, 0.4) is 0 Å². The second-order valence-corrected chi connectivity index (χ2v) is 7.17. The number of nitrogens with one attached hydrogen (secondary N) is 2. The van der Waals surface area contributed by atoms with Crippen LogP contribution in [0.15, 0.2) is 48.5 Å². The number of phenols is 1. The molecule has 1 saturated carbocycles. The summed E-state index contributed by atoms with van der Waals surface area (Å²) in [7, 11) is 0. The zero-order valence-electron chi connectivity index (χ0n) is 15.1. The molecule has 5 nitrogen and oxygen atoms in total. The molecule has 0 spiro atoms. The molecule has 2 amide bonds. The normalized spacial score (nSPS) is 16.7. The highest BCUT2D eigenvalue weighted by Crippen LogP contribution is 2.40. The third-order valence-corrected chi connectivity index (χ3v) is 5.30. The van der Waals surface area contributed by atoms with E-state index in [-0.39, 0.29) is 29.6 Å². The van der Waals surface area contributed by atoms with Crippen LogP contribution in [-0.2, 0) is 5.41 Å². The third-order valence-electron chi connectivity index (χ3n) is 5.30. The zero-order chi connectivity index (χ0) is 19.3. The molecule has 27 heavy (non-hydrogen) atoms. The second-order valence-electron chi connectivity index (χ2n) is 7.17. The van der Waals surface area contributed by atoms with Crippen LogP contribution in [-0.4, -0.2) is 29.3 Å². The summed E-state index contributed by atoms with van der Waals surface area (Å²) >= 11 is 0. The minimum absolute atomic E-state index is 0.0300. The van der Waals surface area contributed by atoms with Gasteiger partial charge in [0.05, 0.1) is 6.10 Å². The van der Waals surface area contributed by atoms with Crippen molar-refractivity contribution >= 4 is 6.03 Å². The summed E-state index contributed by atoms with van der Waals surface area (Å²) in [6.45, 7) is 0.451. The van der Waals surface area contributed by atoms with Crippen molar-refractivity contribution in [2.75, 3.05) is 13.1 Å². The van der Waals surface area contributed by atoms with Gasteiger partial charge in [0.25, 0.3) is 0 Å². The van der Waals surface area contributed by atoms with Crippen LogP contribution in [0, 0.1) is 5.82 Å². The average molecular weight is 372 g/mol. The lowest BCUT2D eigenvalue weighted by Crippen LogP contribution is -2.44. The SMILES string of the molecule is O=C(NC[C@H](O)c1cccc(O)c1)NCC1(c2cccc(F)c2)CCCC1. The Balaban J connectivity index is 1.56. The quantitative estimate of drug-likeness (QED) is 0.627. The van der Waals surface area contributed by atoms with Crippen LogP contribution in [0.2, 0.25) is 0 Å². The number of aliphatic hydroxyl groups excluding tert-OH is 1. The van der Waals surface area contributed by atoms with E-state index in [9.17, 15) is 19.4 Å². The van der Waals surface area contributed by atoms with Crippen molar-refractivity contribution < 1.29 is 19.4 Å². The minimum Gasteiger partial charge on any atom is -0.508 e. The lowest BCUT2D eigenvalue weighted by molar-refractivity contribution is 0.172. The fourth-order valence-electron chi connectivity index (χ4n) is 3.79. The van der Waals surface area contributed by atoms with E-state index < -0.39 is 6.10 Å². The van der Waals surface area contributed by atoms with Crippen LogP contribution < -0.4 is 10.6 Å². The molecule has 3 rings (SSSR count). The maximum Gasteiger partial charge on any atom is 0.314 e. The Morgan fingerprint density at radius 2 is 1.85 bits per heavy atom. The molecule has 2 aromatic carbocycles. The van der Waals surface area contributed by atoms with Crippen LogP contribution in [0.1, 0.15) is 42.9 Å². The van der Waals surface area contributed by atoms with Crippen molar-refractivity contribution in [3.05, 3.63) is 65.5 Å². The first-order valence-electron chi connectivity index (χ1n) is 9.23. The molecule has 0 unspecified atom stereocenters. The summed E-state index contributed by atoms with van der Waals surface area (Å²) < 4.78 is 13.6. The number of amides is 2. The van der Waals surface area contributed by atoms with Gasteiger partial charge in [-0.15, -0.1) is 0 Å². The Hall–Kier alpha value is -2.60. The van der Waals surface area contributed by atoms with Gasteiger partial charge in [0.2, 0.25) is 0 Å². The monoisotopic (exact) mass is 372 g/mol. The molecule has 144 valence electrons. The zero-order valence-corrected chi connectivity index (χ0v) is 15.1. The predicted octanol–water partition coefficient (Wildman–Crippen LogP) is 3.38. The van der Waals surface area contributed by atoms with E-state index in [1.54, 1.807) is 24.3 Å². The van der Waals surface area contributed by atoms with Gasteiger partial charge in [0.15, 0.2) is 0 Å². The van der Waals surface area contributed by atoms with Gasteiger partial charge in [-0.25, -0.2) is 9.18 Å². The lowest BCUT2D eigenvalue weighted by Gasteiger charge is -2.30. The van der Waals surface area contributed by atoms with Gasteiger partial charge in [-0.05, 0) is 48.2 Å². The standard InChI is InChI=1S/C21H25FN2O3/c22-17-7-4-6-16(12-17)21(9-1-2-10-21)14-24-20(27)23-13-19(26)15-5-3-8-18(25)11-15/h3-8,11-12,19,25-26H,1-2,9-10,13-14H2,(H2,23,24,27)/t19-/m0/s1. The molecule has 0 radical (unpaired) electrons. The number of halogens is 1. The Morgan fingerprint density at radius 1 is 1.11 bits per heavy atom. The lowest BCUT2D eigenvalue weighted by atomic mass is 9.79. The Bertz CT molecular complexity index is 791. The Labute approximate surface area is 158 Å². The van der Waals surface area contributed by atoms with Crippen LogP contribution in [0.5, 0.6) is 5.75 Å². The molecule has 0 saturated heterocycles. The van der Waals surface area contributed by atoms with Crippen molar-refractivity contribution in [1.29, 1.82) is 0 Å². The molecule has 0 heterocycles. The van der Waals surface area contributed by atoms with E-state index >= 15 is 0 Å². The highest BCUT2D eigenvalue weighted by Gasteiger charge is 2.36. The molecule has 1 fully saturated rings. The number of urea groups is 1. The van der Waals surface area contributed by atoms with E-state index in [4.69, 9.17) is 0 Å². The van der Waals surface area contributed by atoms with Crippen molar-refractivity contribution in [3.63, 3.8) is 0 Å². The first-order valence-corrected chi connectivity index (χ1v) is 9.23. The van der Waals surface area contributed by atoms with Crippen molar-refractivity contribution in [2.24, 2.45) is 0 Å². The molecule has 0 aromatic heterocycles. The van der Waals surface area contributed by atoms with Crippen LogP contribution >= 0.6 is 0 Å². The van der Waals surface area contributed by atoms with Gasteiger partial charge in [-0.2, -0.15) is 0 Å². The number of aliphatic hydroxyl groups is 1. The Kier molecular flexibility index (Phi) is 5.96. The summed E-state index contributed by atoms with van der Waals surface area (Å²) in [5.41, 5.74) is 1.20. The molecular weight excluding hydrogens is 347 g/mol. The first kappa shape index (κ1) is 19.2. The number of aromatic hydroxyl groups is 1.